The summed E-state index contributed by atoms with van der Waals surface area (Å²) in [5, 5.41) is 9.12. The van der Waals surface area contributed by atoms with Crippen LogP contribution < -0.4 is 0 Å². The Morgan fingerprint density at radius 3 is 2.90 bits per heavy atom. The van der Waals surface area contributed by atoms with Gasteiger partial charge in [0.2, 0.25) is 0 Å². The van der Waals surface area contributed by atoms with Gasteiger partial charge in [-0.25, -0.2) is 9.78 Å². The van der Waals surface area contributed by atoms with Gasteiger partial charge in [0, 0.05) is 6.04 Å². The second kappa shape index (κ2) is 6.31. The number of benzene rings is 1. The molecule has 0 fully saturated rings. The highest BCUT2D eigenvalue weighted by Crippen LogP contribution is 2.25. The lowest BCUT2D eigenvalue weighted by Gasteiger charge is -2.16. The standard InChI is InChI=1S/C15H20N2O2S/c1-4-20-8-7-10(2)17-11(3)16-13-6-5-12(15(18)19)9-14(13)17/h5-6,9-10H,4,7-8H2,1-3H3,(H,18,19). The Bertz CT molecular complexity index is 622. The summed E-state index contributed by atoms with van der Waals surface area (Å²) in [6, 6.07) is 5.44. The molecule has 5 heteroatoms. The number of aryl methyl sites for hydroxylation is 1. The van der Waals surface area contributed by atoms with Crippen molar-refractivity contribution in [3.05, 3.63) is 29.6 Å². The Labute approximate surface area is 123 Å². The Morgan fingerprint density at radius 2 is 2.25 bits per heavy atom. The lowest BCUT2D eigenvalue weighted by atomic mass is 10.2. The van der Waals surface area contributed by atoms with Crippen LogP contribution in [0, 0.1) is 6.92 Å². The van der Waals surface area contributed by atoms with Gasteiger partial charge in [-0.1, -0.05) is 6.92 Å². The molecule has 0 saturated carbocycles. The number of imidazole rings is 1. The summed E-state index contributed by atoms with van der Waals surface area (Å²) in [5.41, 5.74) is 2.09. The third kappa shape index (κ3) is 2.98. The van der Waals surface area contributed by atoms with Crippen molar-refractivity contribution in [3.8, 4) is 0 Å². The molecule has 1 unspecified atom stereocenters. The molecular formula is C15H20N2O2S. The van der Waals surface area contributed by atoms with Crippen molar-refractivity contribution in [2.75, 3.05) is 11.5 Å². The molecule has 0 radical (unpaired) electrons. The van der Waals surface area contributed by atoms with Crippen LogP contribution in [0.2, 0.25) is 0 Å². The molecular weight excluding hydrogens is 272 g/mol. The van der Waals surface area contributed by atoms with Crippen molar-refractivity contribution < 1.29 is 9.90 Å². The van der Waals surface area contributed by atoms with Gasteiger partial charge in [-0.15, -0.1) is 0 Å². The Balaban J connectivity index is 2.37. The van der Waals surface area contributed by atoms with Gasteiger partial charge in [0.05, 0.1) is 16.6 Å². The predicted octanol–water partition coefficient (Wildman–Crippen LogP) is 3.75. The van der Waals surface area contributed by atoms with Gasteiger partial charge >= 0.3 is 5.97 Å². The van der Waals surface area contributed by atoms with Gasteiger partial charge in [-0.05, 0) is 50.0 Å². The van der Waals surface area contributed by atoms with E-state index in [0.717, 1.165) is 34.8 Å². The van der Waals surface area contributed by atoms with Gasteiger partial charge < -0.3 is 9.67 Å². The molecule has 0 saturated heterocycles. The number of hydrogen-bond acceptors (Lipinski definition) is 3. The molecule has 0 bridgehead atoms. The molecule has 0 aliphatic carbocycles. The first-order valence-electron chi connectivity index (χ1n) is 6.84. The maximum Gasteiger partial charge on any atom is 0.335 e. The number of rotatable bonds is 6. The van der Waals surface area contributed by atoms with Crippen LogP contribution >= 0.6 is 11.8 Å². The van der Waals surface area contributed by atoms with E-state index < -0.39 is 5.97 Å². The van der Waals surface area contributed by atoms with E-state index in [-0.39, 0.29) is 0 Å². The molecule has 2 rings (SSSR count). The van der Waals surface area contributed by atoms with E-state index in [2.05, 4.69) is 23.4 Å². The fourth-order valence-corrected chi connectivity index (χ4v) is 3.23. The summed E-state index contributed by atoms with van der Waals surface area (Å²) in [6.45, 7) is 6.30. The number of nitrogens with zero attached hydrogens (tertiary/aromatic N) is 2. The highest BCUT2D eigenvalue weighted by Gasteiger charge is 2.15. The number of thioether (sulfide) groups is 1. The molecule has 1 aromatic carbocycles. The van der Waals surface area contributed by atoms with E-state index in [1.807, 2.05) is 18.7 Å². The number of hydrogen-bond donors (Lipinski definition) is 1. The smallest absolute Gasteiger partial charge is 0.335 e. The maximum atomic E-state index is 11.1. The van der Waals surface area contributed by atoms with Crippen molar-refractivity contribution >= 4 is 28.8 Å². The second-order valence-electron chi connectivity index (χ2n) is 4.87. The molecule has 0 aliphatic rings. The maximum absolute atomic E-state index is 11.1. The number of fused-ring (bicyclic) bond motifs is 1. The van der Waals surface area contributed by atoms with Crippen LogP contribution in [0.1, 0.15) is 42.5 Å². The Hall–Kier alpha value is -1.49. The SMILES string of the molecule is CCSCCC(C)n1c(C)nc2ccc(C(=O)O)cc21. The summed E-state index contributed by atoms with van der Waals surface area (Å²) in [4.78, 5) is 15.6. The van der Waals surface area contributed by atoms with Crippen LogP contribution in [-0.4, -0.2) is 32.1 Å². The van der Waals surface area contributed by atoms with E-state index in [0.29, 0.717) is 11.6 Å². The average Bonchev–Trinajstić information content (AvgIpc) is 2.73. The predicted molar refractivity (Wildman–Crippen MR) is 83.8 cm³/mol. The van der Waals surface area contributed by atoms with Crippen molar-refractivity contribution in [3.63, 3.8) is 0 Å². The number of aromatic nitrogens is 2. The summed E-state index contributed by atoms with van der Waals surface area (Å²) in [6.07, 6.45) is 1.06. The molecule has 108 valence electrons. The minimum atomic E-state index is -0.897. The topological polar surface area (TPSA) is 55.1 Å². The number of aromatic carboxylic acids is 1. The van der Waals surface area contributed by atoms with E-state index in [1.54, 1.807) is 18.2 Å². The monoisotopic (exact) mass is 292 g/mol. The fraction of sp³-hybridized carbons (Fsp3) is 0.467. The second-order valence-corrected chi connectivity index (χ2v) is 6.27. The van der Waals surface area contributed by atoms with Crippen LogP contribution in [0.5, 0.6) is 0 Å². The molecule has 0 spiro atoms. The summed E-state index contributed by atoms with van der Waals surface area (Å²) in [7, 11) is 0. The fourth-order valence-electron chi connectivity index (χ4n) is 2.43. The highest BCUT2D eigenvalue weighted by atomic mass is 32.2. The third-order valence-corrected chi connectivity index (χ3v) is 4.37. The van der Waals surface area contributed by atoms with Gasteiger partial charge in [0.15, 0.2) is 0 Å². The van der Waals surface area contributed by atoms with E-state index >= 15 is 0 Å². The van der Waals surface area contributed by atoms with Gasteiger partial charge in [-0.2, -0.15) is 11.8 Å². The molecule has 1 aromatic heterocycles. The van der Waals surface area contributed by atoms with Crippen LogP contribution in [0.4, 0.5) is 0 Å². The van der Waals surface area contributed by atoms with Crippen molar-refractivity contribution in [1.82, 2.24) is 9.55 Å². The zero-order valence-corrected chi connectivity index (χ0v) is 12.9. The summed E-state index contributed by atoms with van der Waals surface area (Å²) < 4.78 is 2.15. The van der Waals surface area contributed by atoms with Crippen molar-refractivity contribution in [1.29, 1.82) is 0 Å². The first-order chi connectivity index (χ1) is 9.54. The first kappa shape index (κ1) is 14.9. The van der Waals surface area contributed by atoms with Crippen LogP contribution in [-0.2, 0) is 0 Å². The molecule has 4 nitrogen and oxygen atoms in total. The molecule has 0 amide bonds. The van der Waals surface area contributed by atoms with E-state index in [1.165, 1.54) is 0 Å². The number of carboxylic acid groups (broad SMARTS) is 1. The molecule has 1 atom stereocenters. The largest absolute Gasteiger partial charge is 0.478 e. The Morgan fingerprint density at radius 1 is 1.50 bits per heavy atom. The number of carboxylic acids is 1. The average molecular weight is 292 g/mol. The van der Waals surface area contributed by atoms with Gasteiger partial charge in [0.25, 0.3) is 0 Å². The molecule has 2 aromatic rings. The highest BCUT2D eigenvalue weighted by molar-refractivity contribution is 7.99. The lowest BCUT2D eigenvalue weighted by molar-refractivity contribution is 0.0697. The van der Waals surface area contributed by atoms with Gasteiger partial charge in [0.1, 0.15) is 5.82 Å². The van der Waals surface area contributed by atoms with Crippen molar-refractivity contribution in [2.24, 2.45) is 0 Å². The molecule has 1 N–H and O–H groups in total. The molecule has 0 aliphatic heterocycles. The molecule has 1 heterocycles. The van der Waals surface area contributed by atoms with Crippen LogP contribution in [0.15, 0.2) is 18.2 Å². The first-order valence-corrected chi connectivity index (χ1v) is 7.99. The number of carbonyl (C=O) groups is 1. The summed E-state index contributed by atoms with van der Waals surface area (Å²) >= 11 is 1.93. The minimum Gasteiger partial charge on any atom is -0.478 e. The summed E-state index contributed by atoms with van der Waals surface area (Å²) in [5.74, 6) is 2.28. The normalized spacial score (nSPS) is 12.8. The van der Waals surface area contributed by atoms with Gasteiger partial charge in [-0.3, -0.25) is 0 Å². The van der Waals surface area contributed by atoms with E-state index in [4.69, 9.17) is 5.11 Å². The quantitative estimate of drug-likeness (QED) is 0.824. The zero-order valence-electron chi connectivity index (χ0n) is 12.1. The lowest BCUT2D eigenvalue weighted by Crippen LogP contribution is -2.08. The van der Waals surface area contributed by atoms with Crippen LogP contribution in [0.25, 0.3) is 11.0 Å². The third-order valence-electron chi connectivity index (χ3n) is 3.44. The van der Waals surface area contributed by atoms with Crippen LogP contribution in [0.3, 0.4) is 0 Å². The molecule has 20 heavy (non-hydrogen) atoms. The Kier molecular flexibility index (Phi) is 4.70. The minimum absolute atomic E-state index is 0.314. The van der Waals surface area contributed by atoms with Crippen molar-refractivity contribution in [2.45, 2.75) is 33.2 Å². The zero-order chi connectivity index (χ0) is 14.7. The van der Waals surface area contributed by atoms with E-state index in [9.17, 15) is 4.79 Å².